The lowest BCUT2D eigenvalue weighted by molar-refractivity contribution is 0.0948. The lowest BCUT2D eigenvalue weighted by Gasteiger charge is -2.31. The van der Waals surface area contributed by atoms with Crippen molar-refractivity contribution in [1.29, 1.82) is 0 Å². The molecule has 1 amide bonds. The zero-order valence-electron chi connectivity index (χ0n) is 18.8. The van der Waals surface area contributed by atoms with Crippen molar-refractivity contribution >= 4 is 39.1 Å². The van der Waals surface area contributed by atoms with Gasteiger partial charge in [-0.3, -0.25) is 4.79 Å². The first-order valence-electron chi connectivity index (χ1n) is 11.0. The molecule has 3 N–H and O–H groups in total. The highest BCUT2D eigenvalue weighted by atomic mass is 79.9. The van der Waals surface area contributed by atoms with Gasteiger partial charge in [-0.2, -0.15) is 9.78 Å². The summed E-state index contributed by atoms with van der Waals surface area (Å²) in [6.45, 7) is 2.98. The van der Waals surface area contributed by atoms with Crippen LogP contribution in [0.1, 0.15) is 40.7 Å². The van der Waals surface area contributed by atoms with Crippen molar-refractivity contribution < 1.29 is 9.42 Å². The van der Waals surface area contributed by atoms with Gasteiger partial charge in [0, 0.05) is 16.7 Å². The average molecular weight is 536 g/mol. The number of aromatic nitrogens is 5. The molecule has 2 aromatic carbocycles. The molecule has 0 saturated carbocycles. The van der Waals surface area contributed by atoms with Gasteiger partial charge in [0.15, 0.2) is 5.69 Å². The van der Waals surface area contributed by atoms with E-state index in [1.54, 1.807) is 0 Å². The number of halogens is 1. The minimum absolute atomic E-state index is 0.0469. The van der Waals surface area contributed by atoms with Crippen LogP contribution >= 0.6 is 15.9 Å². The van der Waals surface area contributed by atoms with Gasteiger partial charge in [0.1, 0.15) is 0 Å². The van der Waals surface area contributed by atoms with Gasteiger partial charge in [-0.25, -0.2) is 10.1 Å². The van der Waals surface area contributed by atoms with Crippen LogP contribution in [-0.2, 0) is 13.0 Å². The summed E-state index contributed by atoms with van der Waals surface area (Å²) in [5.41, 5.74) is 13.0. The van der Waals surface area contributed by atoms with Crippen molar-refractivity contribution in [3.8, 4) is 5.82 Å². The molecule has 0 spiro atoms. The van der Waals surface area contributed by atoms with Gasteiger partial charge in [0.25, 0.3) is 5.91 Å². The SMILES string of the molecule is C/C(=N/NC(=O)c1nnn(-c2nonc2N)c1CN1CCCc2ccccc21)c1cccc(Br)c1. The molecule has 1 aliphatic rings. The summed E-state index contributed by atoms with van der Waals surface area (Å²) in [5.74, 6) is -0.280. The average Bonchev–Trinajstić information content (AvgIpc) is 3.48. The molecular formula is C23H22BrN9O2. The van der Waals surface area contributed by atoms with Gasteiger partial charge in [-0.05, 0) is 59.4 Å². The number of para-hydroxylation sites is 1. The van der Waals surface area contributed by atoms with E-state index in [0.717, 1.165) is 35.1 Å². The largest absolute Gasteiger partial charge is 0.378 e. The summed E-state index contributed by atoms with van der Waals surface area (Å²) >= 11 is 3.45. The number of aryl methyl sites for hydroxylation is 1. The van der Waals surface area contributed by atoms with Crippen LogP contribution in [0, 0.1) is 0 Å². The van der Waals surface area contributed by atoms with Gasteiger partial charge in [0.2, 0.25) is 11.6 Å². The molecule has 0 atom stereocenters. The van der Waals surface area contributed by atoms with Crippen molar-refractivity contribution in [3.05, 3.63) is 75.5 Å². The smallest absolute Gasteiger partial charge is 0.293 e. The Labute approximate surface area is 209 Å². The Morgan fingerprint density at radius 3 is 2.89 bits per heavy atom. The third-order valence-corrected chi connectivity index (χ3v) is 6.28. The highest BCUT2D eigenvalue weighted by Crippen LogP contribution is 2.29. The molecule has 0 fully saturated rings. The number of anilines is 2. The summed E-state index contributed by atoms with van der Waals surface area (Å²) < 4.78 is 7.06. The molecule has 3 heterocycles. The topological polar surface area (TPSA) is 140 Å². The van der Waals surface area contributed by atoms with Crippen LogP contribution in [0.3, 0.4) is 0 Å². The highest BCUT2D eigenvalue weighted by molar-refractivity contribution is 9.10. The normalized spacial score (nSPS) is 13.5. The van der Waals surface area contributed by atoms with E-state index in [2.05, 4.69) is 64.1 Å². The maximum Gasteiger partial charge on any atom is 0.293 e. The predicted octanol–water partition coefficient (Wildman–Crippen LogP) is 3.10. The van der Waals surface area contributed by atoms with E-state index in [1.165, 1.54) is 10.2 Å². The van der Waals surface area contributed by atoms with E-state index in [-0.39, 0.29) is 17.3 Å². The molecule has 1 aliphatic heterocycles. The second kappa shape index (κ2) is 9.66. The number of nitrogen functional groups attached to an aromatic ring is 1. The van der Waals surface area contributed by atoms with Gasteiger partial charge < -0.3 is 10.6 Å². The minimum Gasteiger partial charge on any atom is -0.378 e. The Balaban J connectivity index is 1.47. The van der Waals surface area contributed by atoms with Crippen LogP contribution in [0.4, 0.5) is 11.5 Å². The first-order chi connectivity index (χ1) is 17.0. The number of benzene rings is 2. The third kappa shape index (κ3) is 4.64. The first kappa shape index (κ1) is 22.7. The number of nitrogens with zero attached hydrogens (tertiary/aromatic N) is 7. The number of rotatable bonds is 6. The number of amides is 1. The van der Waals surface area contributed by atoms with E-state index in [0.29, 0.717) is 18.0 Å². The summed E-state index contributed by atoms with van der Waals surface area (Å²) in [7, 11) is 0. The lowest BCUT2D eigenvalue weighted by atomic mass is 10.0. The Morgan fingerprint density at radius 2 is 2.09 bits per heavy atom. The second-order valence-electron chi connectivity index (χ2n) is 8.07. The van der Waals surface area contributed by atoms with Crippen molar-refractivity contribution in [2.45, 2.75) is 26.3 Å². The van der Waals surface area contributed by atoms with Crippen LogP contribution in [0.2, 0.25) is 0 Å². The molecule has 0 bridgehead atoms. The molecule has 35 heavy (non-hydrogen) atoms. The van der Waals surface area contributed by atoms with Crippen molar-refractivity contribution in [2.75, 3.05) is 17.2 Å². The highest BCUT2D eigenvalue weighted by Gasteiger charge is 2.27. The van der Waals surface area contributed by atoms with Crippen LogP contribution < -0.4 is 16.1 Å². The standard InChI is InChI=1S/C23H22BrN9O2/c1-14(16-7-4-9-17(24)12-16)26-28-23(34)20-19(33(31-27-20)22-21(25)29-35-30-22)13-32-11-5-8-15-6-2-3-10-18(15)32/h2-4,6-7,9-10,12H,5,8,11,13H2,1H3,(H2,25,29)(H,28,34)/b26-14-. The predicted molar refractivity (Wildman–Crippen MR) is 133 cm³/mol. The summed E-state index contributed by atoms with van der Waals surface area (Å²) in [6, 6.07) is 15.9. The number of hydrogen-bond donors (Lipinski definition) is 2. The molecule has 0 unspecified atom stereocenters. The van der Waals surface area contributed by atoms with E-state index in [1.807, 2.05) is 43.3 Å². The van der Waals surface area contributed by atoms with Gasteiger partial charge in [0.05, 0.1) is 18.0 Å². The minimum atomic E-state index is -0.499. The molecule has 12 heteroatoms. The van der Waals surface area contributed by atoms with Crippen molar-refractivity contribution in [2.24, 2.45) is 5.10 Å². The Kier molecular flexibility index (Phi) is 6.27. The Morgan fingerprint density at radius 1 is 1.23 bits per heavy atom. The monoisotopic (exact) mass is 535 g/mol. The summed E-state index contributed by atoms with van der Waals surface area (Å²) in [4.78, 5) is 15.4. The van der Waals surface area contributed by atoms with Crippen molar-refractivity contribution in [1.82, 2.24) is 30.7 Å². The van der Waals surface area contributed by atoms with Crippen LogP contribution in [-0.4, -0.2) is 43.5 Å². The van der Waals surface area contributed by atoms with E-state index >= 15 is 0 Å². The summed E-state index contributed by atoms with van der Waals surface area (Å²) in [6.07, 6.45) is 1.99. The lowest BCUT2D eigenvalue weighted by Crippen LogP contribution is -2.31. The van der Waals surface area contributed by atoms with Gasteiger partial charge in [-0.15, -0.1) is 5.10 Å². The fraction of sp³-hybridized carbons (Fsp3) is 0.217. The number of carbonyl (C=O) groups is 1. The molecule has 11 nitrogen and oxygen atoms in total. The third-order valence-electron chi connectivity index (χ3n) is 5.79. The number of fused-ring (bicyclic) bond motifs is 1. The van der Waals surface area contributed by atoms with Crippen LogP contribution in [0.25, 0.3) is 5.82 Å². The fourth-order valence-corrected chi connectivity index (χ4v) is 4.45. The van der Waals surface area contributed by atoms with Crippen molar-refractivity contribution in [3.63, 3.8) is 0 Å². The van der Waals surface area contributed by atoms with Gasteiger partial charge in [-0.1, -0.05) is 51.5 Å². The number of carbonyl (C=O) groups excluding carboxylic acids is 1. The maximum atomic E-state index is 13.2. The molecule has 4 aromatic rings. The maximum absolute atomic E-state index is 13.2. The van der Waals surface area contributed by atoms with E-state index in [4.69, 9.17) is 10.4 Å². The number of hydrogen-bond acceptors (Lipinski definition) is 9. The zero-order chi connectivity index (χ0) is 24.4. The Hall–Kier alpha value is -4.06. The van der Waals surface area contributed by atoms with Crippen LogP contribution in [0.15, 0.2) is 62.7 Å². The second-order valence-corrected chi connectivity index (χ2v) is 8.99. The van der Waals surface area contributed by atoms with Gasteiger partial charge >= 0.3 is 0 Å². The number of nitrogens with two attached hydrogens (primary N) is 1. The molecule has 0 radical (unpaired) electrons. The molecule has 5 rings (SSSR count). The zero-order valence-corrected chi connectivity index (χ0v) is 20.4. The number of hydrazone groups is 1. The molecule has 0 saturated heterocycles. The summed E-state index contributed by atoms with van der Waals surface area (Å²) in [5, 5.41) is 20.0. The molecular weight excluding hydrogens is 514 g/mol. The number of nitrogens with one attached hydrogen (secondary N) is 1. The molecule has 178 valence electrons. The molecule has 0 aliphatic carbocycles. The fourth-order valence-electron chi connectivity index (χ4n) is 4.05. The first-order valence-corrected chi connectivity index (χ1v) is 11.8. The van der Waals surface area contributed by atoms with E-state index < -0.39 is 5.91 Å². The molecule has 2 aromatic heterocycles. The quantitative estimate of drug-likeness (QED) is 0.283. The Bertz CT molecular complexity index is 1410. The van der Waals surface area contributed by atoms with E-state index in [9.17, 15) is 4.79 Å². The van der Waals surface area contributed by atoms with Crippen LogP contribution in [0.5, 0.6) is 0 Å².